The van der Waals surface area contributed by atoms with Crippen LogP contribution in [0.5, 0.6) is 0 Å². The summed E-state index contributed by atoms with van der Waals surface area (Å²) in [5.74, 6) is 0.668. The molecule has 134 valence electrons. The number of aliphatic imine (C=N–C) groups is 1. The first-order valence-corrected chi connectivity index (χ1v) is 7.81. The molecule has 2 rings (SSSR count). The SMILES string of the molecule is C#C/C(=C\C(=NC)C(F)(F)F)c1ccc(NC(=O)c2ccncc2F)s1. The van der Waals surface area contributed by atoms with E-state index in [1.165, 1.54) is 24.4 Å². The first-order chi connectivity index (χ1) is 12.3. The molecule has 4 nitrogen and oxygen atoms in total. The van der Waals surface area contributed by atoms with Crippen LogP contribution in [-0.2, 0) is 0 Å². The van der Waals surface area contributed by atoms with Crippen molar-refractivity contribution in [3.63, 3.8) is 0 Å². The van der Waals surface area contributed by atoms with Gasteiger partial charge in [-0.1, -0.05) is 5.92 Å². The molecule has 1 N–H and O–H groups in total. The third-order valence-electron chi connectivity index (χ3n) is 3.09. The highest BCUT2D eigenvalue weighted by atomic mass is 32.1. The highest BCUT2D eigenvalue weighted by molar-refractivity contribution is 7.17. The second-order valence-corrected chi connectivity index (χ2v) is 5.87. The van der Waals surface area contributed by atoms with Gasteiger partial charge < -0.3 is 5.32 Å². The molecule has 0 spiro atoms. The van der Waals surface area contributed by atoms with Crippen molar-refractivity contribution in [2.75, 3.05) is 12.4 Å². The van der Waals surface area contributed by atoms with Crippen molar-refractivity contribution in [2.24, 2.45) is 4.99 Å². The monoisotopic (exact) mass is 381 g/mol. The molecule has 0 radical (unpaired) electrons. The average Bonchev–Trinajstić information content (AvgIpc) is 3.03. The summed E-state index contributed by atoms with van der Waals surface area (Å²) in [7, 11) is 1.01. The molecule has 2 heterocycles. The minimum absolute atomic E-state index is 0.0384. The Morgan fingerprint density at radius 3 is 2.69 bits per heavy atom. The maximum atomic E-state index is 13.5. The van der Waals surface area contributed by atoms with Gasteiger partial charge >= 0.3 is 6.18 Å². The predicted molar refractivity (Wildman–Crippen MR) is 92.7 cm³/mol. The highest BCUT2D eigenvalue weighted by Crippen LogP contribution is 2.30. The Kier molecular flexibility index (Phi) is 5.90. The number of nitrogens with one attached hydrogen (secondary N) is 1. The van der Waals surface area contributed by atoms with Crippen molar-refractivity contribution in [1.82, 2.24) is 4.98 Å². The van der Waals surface area contributed by atoms with Crippen LogP contribution in [0.15, 0.2) is 41.7 Å². The summed E-state index contributed by atoms with van der Waals surface area (Å²) in [5.41, 5.74) is -1.37. The summed E-state index contributed by atoms with van der Waals surface area (Å²) in [6.07, 6.45) is 3.57. The van der Waals surface area contributed by atoms with E-state index in [0.29, 0.717) is 9.88 Å². The maximum Gasteiger partial charge on any atom is 0.432 e. The fourth-order valence-corrected chi connectivity index (χ4v) is 2.76. The molecule has 2 aromatic rings. The van der Waals surface area contributed by atoms with E-state index < -0.39 is 23.6 Å². The van der Waals surface area contributed by atoms with E-state index in [2.05, 4.69) is 21.2 Å². The largest absolute Gasteiger partial charge is 0.432 e. The Morgan fingerprint density at radius 2 is 2.12 bits per heavy atom. The van der Waals surface area contributed by atoms with Gasteiger partial charge in [0, 0.05) is 23.7 Å². The number of allylic oxidation sites excluding steroid dienone is 2. The van der Waals surface area contributed by atoms with Gasteiger partial charge in [0.2, 0.25) is 0 Å². The molecule has 1 amide bonds. The van der Waals surface area contributed by atoms with Crippen LogP contribution in [0, 0.1) is 18.2 Å². The number of nitrogens with zero attached hydrogens (tertiary/aromatic N) is 2. The van der Waals surface area contributed by atoms with E-state index in [1.807, 2.05) is 0 Å². The molecule has 0 aromatic carbocycles. The number of hydrogen-bond donors (Lipinski definition) is 1. The summed E-state index contributed by atoms with van der Waals surface area (Å²) >= 11 is 0.954. The second-order valence-electron chi connectivity index (χ2n) is 4.78. The van der Waals surface area contributed by atoms with Crippen molar-refractivity contribution < 1.29 is 22.4 Å². The number of rotatable bonds is 4. The Hall–Kier alpha value is -2.99. The van der Waals surface area contributed by atoms with E-state index in [-0.39, 0.29) is 11.1 Å². The number of terminal acetylenes is 1. The molecule has 0 fully saturated rings. The van der Waals surface area contributed by atoms with Crippen LogP contribution >= 0.6 is 11.3 Å². The van der Waals surface area contributed by atoms with E-state index in [9.17, 15) is 22.4 Å². The van der Waals surface area contributed by atoms with Crippen molar-refractivity contribution in [2.45, 2.75) is 6.18 Å². The number of aromatic nitrogens is 1. The molecule has 0 unspecified atom stereocenters. The third kappa shape index (κ3) is 4.55. The summed E-state index contributed by atoms with van der Waals surface area (Å²) < 4.78 is 51.9. The summed E-state index contributed by atoms with van der Waals surface area (Å²) in [6.45, 7) is 0. The normalized spacial score (nSPS) is 12.6. The predicted octanol–water partition coefficient (Wildman–Crippen LogP) is 4.18. The van der Waals surface area contributed by atoms with Crippen molar-refractivity contribution in [3.8, 4) is 12.3 Å². The lowest BCUT2D eigenvalue weighted by atomic mass is 10.1. The quantitative estimate of drug-likeness (QED) is 0.491. The Balaban J connectivity index is 2.25. The number of anilines is 1. The lowest BCUT2D eigenvalue weighted by Crippen LogP contribution is -2.20. The van der Waals surface area contributed by atoms with Crippen LogP contribution in [0.3, 0.4) is 0 Å². The fourth-order valence-electron chi connectivity index (χ4n) is 1.88. The van der Waals surface area contributed by atoms with Crippen molar-refractivity contribution in [3.05, 3.63) is 52.9 Å². The third-order valence-corrected chi connectivity index (χ3v) is 4.13. The van der Waals surface area contributed by atoms with Gasteiger partial charge in [-0.25, -0.2) is 4.39 Å². The zero-order valence-corrected chi connectivity index (χ0v) is 14.1. The van der Waals surface area contributed by atoms with Crippen LogP contribution in [0.2, 0.25) is 0 Å². The van der Waals surface area contributed by atoms with Gasteiger partial charge in [0.05, 0.1) is 16.8 Å². The van der Waals surface area contributed by atoms with Crippen LogP contribution in [-0.4, -0.2) is 29.8 Å². The minimum atomic E-state index is -4.63. The van der Waals surface area contributed by atoms with Gasteiger partial charge in [-0.05, 0) is 24.3 Å². The van der Waals surface area contributed by atoms with Gasteiger partial charge in [0.1, 0.15) is 5.71 Å². The number of halogens is 4. The molecule has 26 heavy (non-hydrogen) atoms. The van der Waals surface area contributed by atoms with E-state index in [4.69, 9.17) is 6.42 Å². The van der Waals surface area contributed by atoms with Crippen LogP contribution in [0.1, 0.15) is 15.2 Å². The Morgan fingerprint density at radius 1 is 1.38 bits per heavy atom. The number of amides is 1. The minimum Gasteiger partial charge on any atom is -0.313 e. The van der Waals surface area contributed by atoms with E-state index >= 15 is 0 Å². The van der Waals surface area contributed by atoms with Gasteiger partial charge in [0.25, 0.3) is 5.91 Å². The lowest BCUT2D eigenvalue weighted by molar-refractivity contribution is -0.0577. The number of pyridine rings is 1. The van der Waals surface area contributed by atoms with Gasteiger partial charge in [-0.2, -0.15) is 13.2 Å². The van der Waals surface area contributed by atoms with Crippen LogP contribution in [0.4, 0.5) is 22.6 Å². The average molecular weight is 381 g/mol. The first kappa shape index (κ1) is 19.3. The molecule has 0 aliphatic carbocycles. The number of alkyl halides is 3. The first-order valence-electron chi connectivity index (χ1n) is 6.99. The lowest BCUT2D eigenvalue weighted by Gasteiger charge is -2.06. The Labute approximate surface area is 150 Å². The van der Waals surface area contributed by atoms with E-state index in [1.54, 1.807) is 0 Å². The number of carbonyl (C=O) groups is 1. The smallest absolute Gasteiger partial charge is 0.313 e. The molecule has 2 aromatic heterocycles. The molecule has 0 saturated heterocycles. The summed E-state index contributed by atoms with van der Waals surface area (Å²) in [5, 5.41) is 2.76. The molecular weight excluding hydrogens is 370 g/mol. The topological polar surface area (TPSA) is 54.4 Å². The van der Waals surface area contributed by atoms with Gasteiger partial charge in [-0.15, -0.1) is 17.8 Å². The molecule has 0 aliphatic rings. The Bertz CT molecular complexity index is 923. The van der Waals surface area contributed by atoms with Gasteiger partial charge in [-0.3, -0.25) is 14.8 Å². The van der Waals surface area contributed by atoms with Gasteiger partial charge in [0.15, 0.2) is 5.82 Å². The molecule has 0 atom stereocenters. The standard InChI is InChI=1S/C17H11F4N3OS/c1-3-10(8-14(22-2)17(19,20)21)13-4-5-15(26-13)24-16(25)11-6-7-23-9-12(11)18/h1,4-9H,2H3,(H,24,25)/b10-8+,22-14?. The zero-order valence-electron chi connectivity index (χ0n) is 13.3. The molecule has 0 saturated carbocycles. The number of thiophene rings is 1. The maximum absolute atomic E-state index is 13.5. The van der Waals surface area contributed by atoms with Crippen molar-refractivity contribution >= 4 is 33.5 Å². The summed E-state index contributed by atoms with van der Waals surface area (Å²) in [6, 6.07) is 4.12. The molecule has 0 bridgehead atoms. The zero-order chi connectivity index (χ0) is 19.3. The molecular formula is C17H11F4N3OS. The number of carbonyl (C=O) groups excluding carboxylic acids is 1. The molecule has 9 heteroatoms. The van der Waals surface area contributed by atoms with Crippen LogP contribution in [0.25, 0.3) is 5.57 Å². The molecule has 0 aliphatic heterocycles. The number of hydrogen-bond acceptors (Lipinski definition) is 4. The second kappa shape index (κ2) is 7.93. The van der Waals surface area contributed by atoms with Crippen LogP contribution < -0.4 is 5.32 Å². The van der Waals surface area contributed by atoms with Crippen molar-refractivity contribution in [1.29, 1.82) is 0 Å². The highest BCUT2D eigenvalue weighted by Gasteiger charge is 2.33. The fraction of sp³-hybridized carbons (Fsp3) is 0.118. The van der Waals surface area contributed by atoms with E-state index in [0.717, 1.165) is 30.7 Å². The summed E-state index contributed by atoms with van der Waals surface area (Å²) in [4.78, 5) is 19.1.